The summed E-state index contributed by atoms with van der Waals surface area (Å²) in [7, 11) is -3.55. The normalized spacial score (nSPS) is 29.5. The maximum absolute atomic E-state index is 13.1. The molecule has 0 amide bonds. The summed E-state index contributed by atoms with van der Waals surface area (Å²) in [5.74, 6) is 0.323. The molecule has 3 aliphatic rings. The minimum Gasteiger partial charge on any atom is -0.492 e. The number of piperidine rings is 1. The number of benzene rings is 1. The van der Waals surface area contributed by atoms with Crippen LogP contribution in [0.3, 0.4) is 0 Å². The quantitative estimate of drug-likeness (QED) is 0.757. The molecule has 1 aliphatic carbocycles. The summed E-state index contributed by atoms with van der Waals surface area (Å²) in [6.45, 7) is 1.16. The molecule has 3 fully saturated rings. The van der Waals surface area contributed by atoms with Crippen molar-refractivity contribution < 1.29 is 26.3 Å². The van der Waals surface area contributed by atoms with Gasteiger partial charge in [-0.3, -0.25) is 0 Å². The predicted octanol–water partition coefficient (Wildman–Crippen LogP) is 3.28. The molecule has 5 nitrogen and oxygen atoms in total. The molecule has 2 aliphatic heterocycles. The zero-order valence-electron chi connectivity index (χ0n) is 14.9. The highest BCUT2D eigenvalue weighted by Crippen LogP contribution is 2.45. The fourth-order valence-corrected chi connectivity index (χ4v) is 6.75. The summed E-state index contributed by atoms with van der Waals surface area (Å²) in [4.78, 5) is 0. The van der Waals surface area contributed by atoms with Crippen molar-refractivity contribution in [1.29, 1.82) is 0 Å². The first-order chi connectivity index (χ1) is 12.8. The van der Waals surface area contributed by atoms with Crippen LogP contribution in [-0.4, -0.2) is 48.8 Å². The lowest BCUT2D eigenvalue weighted by Gasteiger charge is -2.36. The van der Waals surface area contributed by atoms with Crippen LogP contribution in [-0.2, 0) is 16.4 Å². The SMILES string of the molecule is O=S(=O)(N1CCCC1)N1[C@@H]2CC[C@@H](C2)[C@@H]1COc1cccc(C(F)(F)F)c1. The highest BCUT2D eigenvalue weighted by atomic mass is 32.2. The number of hydrogen-bond acceptors (Lipinski definition) is 3. The van der Waals surface area contributed by atoms with E-state index in [4.69, 9.17) is 4.74 Å². The molecule has 4 rings (SSSR count). The van der Waals surface area contributed by atoms with Crippen LogP contribution >= 0.6 is 0 Å². The van der Waals surface area contributed by atoms with E-state index in [1.54, 1.807) is 4.31 Å². The molecule has 3 atom stereocenters. The van der Waals surface area contributed by atoms with Gasteiger partial charge in [0, 0.05) is 19.1 Å². The van der Waals surface area contributed by atoms with Crippen molar-refractivity contribution in [3.8, 4) is 5.75 Å². The molecule has 0 unspecified atom stereocenters. The van der Waals surface area contributed by atoms with Crippen LogP contribution in [0.15, 0.2) is 24.3 Å². The van der Waals surface area contributed by atoms with E-state index in [9.17, 15) is 21.6 Å². The topological polar surface area (TPSA) is 49.9 Å². The van der Waals surface area contributed by atoms with Crippen LogP contribution in [0, 0.1) is 5.92 Å². The summed E-state index contributed by atoms with van der Waals surface area (Å²) >= 11 is 0. The lowest BCUT2D eigenvalue weighted by molar-refractivity contribution is -0.137. The monoisotopic (exact) mass is 404 g/mol. The zero-order chi connectivity index (χ0) is 19.2. The third kappa shape index (κ3) is 3.56. The summed E-state index contributed by atoms with van der Waals surface area (Å²) in [5.41, 5.74) is -0.769. The van der Waals surface area contributed by atoms with Crippen LogP contribution in [0.25, 0.3) is 0 Å². The molecule has 1 aromatic rings. The van der Waals surface area contributed by atoms with E-state index in [2.05, 4.69) is 0 Å². The number of halogens is 3. The Labute approximate surface area is 157 Å². The molecule has 0 spiro atoms. The van der Waals surface area contributed by atoms with Crippen LogP contribution in [0.1, 0.15) is 37.7 Å². The molecule has 9 heteroatoms. The maximum atomic E-state index is 13.1. The fourth-order valence-electron chi connectivity index (χ4n) is 4.62. The number of fused-ring (bicyclic) bond motifs is 2. The van der Waals surface area contributed by atoms with Gasteiger partial charge in [0.2, 0.25) is 0 Å². The Balaban J connectivity index is 1.51. The van der Waals surface area contributed by atoms with Crippen LogP contribution in [0.4, 0.5) is 13.2 Å². The van der Waals surface area contributed by atoms with E-state index in [0.717, 1.165) is 44.2 Å². The van der Waals surface area contributed by atoms with E-state index < -0.39 is 21.9 Å². The first-order valence-electron chi connectivity index (χ1n) is 9.35. The Hall–Kier alpha value is -1.32. The fraction of sp³-hybridized carbons (Fsp3) is 0.667. The largest absolute Gasteiger partial charge is 0.492 e. The standard InChI is InChI=1S/C18H23F3N2O3S/c19-18(20,21)14-4-3-5-16(11-14)26-12-17-13-6-7-15(10-13)23(17)27(24,25)22-8-1-2-9-22/h3-5,11,13,15,17H,1-2,6-10,12H2/t13-,15+,17-/m0/s1. The van der Waals surface area contributed by atoms with Gasteiger partial charge < -0.3 is 4.74 Å². The third-order valence-corrected chi connectivity index (χ3v) is 8.04. The number of nitrogens with zero attached hydrogens (tertiary/aromatic N) is 2. The van der Waals surface area contributed by atoms with Crippen molar-refractivity contribution in [3.63, 3.8) is 0 Å². The van der Waals surface area contributed by atoms with Gasteiger partial charge in [-0.1, -0.05) is 6.07 Å². The Morgan fingerprint density at radius 3 is 2.59 bits per heavy atom. The molecule has 0 aromatic heterocycles. The minimum absolute atomic E-state index is 0.0179. The molecule has 27 heavy (non-hydrogen) atoms. The van der Waals surface area contributed by atoms with Gasteiger partial charge in [-0.2, -0.15) is 30.2 Å². The van der Waals surface area contributed by atoms with Crippen molar-refractivity contribution >= 4 is 10.2 Å². The van der Waals surface area contributed by atoms with Gasteiger partial charge in [-0.15, -0.1) is 0 Å². The smallest absolute Gasteiger partial charge is 0.416 e. The first-order valence-corrected chi connectivity index (χ1v) is 10.7. The third-order valence-electron chi connectivity index (χ3n) is 5.92. The van der Waals surface area contributed by atoms with Crippen molar-refractivity contribution in [3.05, 3.63) is 29.8 Å². The summed E-state index contributed by atoms with van der Waals surface area (Å²) < 4.78 is 73.5. The number of alkyl halides is 3. The van der Waals surface area contributed by atoms with E-state index >= 15 is 0 Å². The van der Waals surface area contributed by atoms with E-state index in [1.807, 2.05) is 0 Å². The van der Waals surface area contributed by atoms with Crippen molar-refractivity contribution in [2.75, 3.05) is 19.7 Å². The van der Waals surface area contributed by atoms with Crippen molar-refractivity contribution in [1.82, 2.24) is 8.61 Å². The average molecular weight is 404 g/mol. The second-order valence-electron chi connectivity index (χ2n) is 7.57. The Morgan fingerprint density at radius 1 is 1.15 bits per heavy atom. The van der Waals surface area contributed by atoms with Crippen LogP contribution < -0.4 is 4.74 Å². The molecule has 2 saturated heterocycles. The Kier molecular flexibility index (Phi) is 4.88. The highest BCUT2D eigenvalue weighted by Gasteiger charge is 2.53. The van der Waals surface area contributed by atoms with Crippen molar-refractivity contribution in [2.24, 2.45) is 5.92 Å². The molecule has 1 aromatic carbocycles. The minimum atomic E-state index is -4.43. The van der Waals surface area contributed by atoms with Crippen molar-refractivity contribution in [2.45, 2.75) is 50.4 Å². The van der Waals surface area contributed by atoms with Gasteiger partial charge in [0.25, 0.3) is 10.2 Å². The molecular formula is C18H23F3N2O3S. The lowest BCUT2D eigenvalue weighted by Crippen LogP contribution is -2.52. The second kappa shape index (κ2) is 6.93. The molecule has 2 bridgehead atoms. The van der Waals surface area contributed by atoms with E-state index in [0.29, 0.717) is 13.1 Å². The summed E-state index contributed by atoms with van der Waals surface area (Å²) in [6, 6.07) is 4.40. The van der Waals surface area contributed by atoms with Gasteiger partial charge in [0.1, 0.15) is 12.4 Å². The van der Waals surface area contributed by atoms with E-state index in [1.165, 1.54) is 16.4 Å². The zero-order valence-corrected chi connectivity index (χ0v) is 15.7. The van der Waals surface area contributed by atoms with Gasteiger partial charge >= 0.3 is 6.18 Å². The molecule has 150 valence electrons. The first kappa shape index (κ1) is 19.0. The van der Waals surface area contributed by atoms with Crippen LogP contribution in [0.2, 0.25) is 0 Å². The molecular weight excluding hydrogens is 381 g/mol. The lowest BCUT2D eigenvalue weighted by atomic mass is 10.0. The predicted molar refractivity (Wildman–Crippen MR) is 93.4 cm³/mol. The summed E-state index contributed by atoms with van der Waals surface area (Å²) in [6.07, 6.45) is -0.106. The average Bonchev–Trinajstić information content (AvgIpc) is 3.35. The van der Waals surface area contributed by atoms with Gasteiger partial charge in [-0.25, -0.2) is 0 Å². The molecule has 2 heterocycles. The van der Waals surface area contributed by atoms with Gasteiger partial charge in [0.15, 0.2) is 0 Å². The molecule has 0 radical (unpaired) electrons. The second-order valence-corrected chi connectivity index (χ2v) is 9.41. The van der Waals surface area contributed by atoms with Gasteiger partial charge in [-0.05, 0) is 56.2 Å². The molecule has 0 N–H and O–H groups in total. The van der Waals surface area contributed by atoms with Crippen LogP contribution in [0.5, 0.6) is 5.75 Å². The highest BCUT2D eigenvalue weighted by molar-refractivity contribution is 7.86. The maximum Gasteiger partial charge on any atom is 0.416 e. The van der Waals surface area contributed by atoms with Gasteiger partial charge in [0.05, 0.1) is 11.6 Å². The number of rotatable bonds is 5. The Morgan fingerprint density at radius 2 is 1.89 bits per heavy atom. The Bertz CT molecular complexity index is 793. The van der Waals surface area contributed by atoms with E-state index in [-0.39, 0.29) is 30.4 Å². The molecule has 1 saturated carbocycles. The summed E-state index contributed by atoms with van der Waals surface area (Å²) in [5, 5.41) is 0. The number of ether oxygens (including phenoxy) is 1. The number of hydrogen-bond donors (Lipinski definition) is 0.